The molecular formula is C92H83N17O7. The Morgan fingerprint density at radius 1 is 0.474 bits per heavy atom. The van der Waals surface area contributed by atoms with E-state index in [1.165, 1.54) is 0 Å². The van der Waals surface area contributed by atoms with E-state index >= 15 is 0 Å². The summed E-state index contributed by atoms with van der Waals surface area (Å²) in [5.41, 5.74) is 15.3. The van der Waals surface area contributed by atoms with Crippen molar-refractivity contribution in [2.24, 2.45) is 11.7 Å². The number of aryl methyl sites for hydroxylation is 3. The maximum atomic E-state index is 14.2. The zero-order valence-corrected chi connectivity index (χ0v) is 65.3. The SMILES string of the molecule is Cc1nn2cccnc2c1C(=O)N[C@@H](C)c1cc2cccc(C#CC(C)(C)N)c2c(=O)n1-c1ccccc1.Cc1nn2cccnc2c1C(=O)N[C@@H](C)c1cc2cccc(C#CC3CC3)c2c(=O)n1-c1ccccc1.Cc1nn2cccnc2c1C(=O)N[C@@H](C)c1cc2cccc(C#CCN3CCOCC3)c2c(=O)n1-c1ccccc1. The van der Waals surface area contributed by atoms with Gasteiger partial charge in [0.2, 0.25) is 0 Å². The summed E-state index contributed by atoms with van der Waals surface area (Å²) in [6.07, 6.45) is 12.4. The number of nitrogens with zero attached hydrogens (tertiary/aromatic N) is 13. The molecule has 9 aromatic heterocycles. The summed E-state index contributed by atoms with van der Waals surface area (Å²) in [5.74, 6) is 18.6. The summed E-state index contributed by atoms with van der Waals surface area (Å²) in [6.45, 7) is 18.3. The quantitative estimate of drug-likeness (QED) is 0.0781. The Balaban J connectivity index is 0.000000137. The number of hydrogen-bond acceptors (Lipinski definition) is 15. The number of morpholine rings is 1. The molecule has 3 amide bonds. The van der Waals surface area contributed by atoms with Gasteiger partial charge in [-0.25, -0.2) is 28.5 Å². The minimum Gasteiger partial charge on any atom is -0.379 e. The lowest BCUT2D eigenvalue weighted by molar-refractivity contribution is 0.0443. The first-order valence-corrected chi connectivity index (χ1v) is 38.3. The van der Waals surface area contributed by atoms with Gasteiger partial charge in [-0.05, 0) is 175 Å². The van der Waals surface area contributed by atoms with Gasteiger partial charge in [0.15, 0.2) is 16.9 Å². The summed E-state index contributed by atoms with van der Waals surface area (Å²) < 4.78 is 15.2. The molecule has 116 heavy (non-hydrogen) atoms. The van der Waals surface area contributed by atoms with Crippen molar-refractivity contribution in [2.45, 2.75) is 91.9 Å². The number of pyridine rings is 3. The number of aromatic nitrogens is 12. The highest BCUT2D eigenvalue weighted by atomic mass is 16.5. The van der Waals surface area contributed by atoms with Gasteiger partial charge >= 0.3 is 0 Å². The van der Waals surface area contributed by atoms with E-state index in [0.29, 0.717) is 132 Å². The van der Waals surface area contributed by atoms with Gasteiger partial charge in [0.1, 0.15) is 16.7 Å². The van der Waals surface area contributed by atoms with Crippen molar-refractivity contribution in [1.29, 1.82) is 0 Å². The van der Waals surface area contributed by atoms with Crippen molar-refractivity contribution in [3.63, 3.8) is 0 Å². The van der Waals surface area contributed by atoms with Crippen LogP contribution in [0.15, 0.2) is 234 Å². The van der Waals surface area contributed by atoms with Crippen LogP contribution in [-0.4, -0.2) is 119 Å². The first-order chi connectivity index (χ1) is 56.2. The summed E-state index contributed by atoms with van der Waals surface area (Å²) in [7, 11) is 0. The second-order valence-corrected chi connectivity index (χ2v) is 29.3. The molecule has 0 bridgehead atoms. The number of nitrogens with two attached hydrogens (primary N) is 1. The fourth-order valence-electron chi connectivity index (χ4n) is 14.4. The maximum Gasteiger partial charge on any atom is 0.264 e. The highest BCUT2D eigenvalue weighted by Crippen LogP contribution is 2.31. The van der Waals surface area contributed by atoms with E-state index < -0.39 is 23.7 Å². The number of nitrogens with one attached hydrogen (secondary N) is 3. The molecule has 17 rings (SSSR count). The number of amides is 3. The molecule has 24 nitrogen and oxygen atoms in total. The van der Waals surface area contributed by atoms with E-state index in [9.17, 15) is 28.8 Å². The molecule has 24 heteroatoms. The first kappa shape index (κ1) is 77.1. The van der Waals surface area contributed by atoms with Crippen molar-refractivity contribution in [3.05, 3.63) is 318 Å². The van der Waals surface area contributed by atoms with Crippen LogP contribution in [0.1, 0.15) is 148 Å². The predicted octanol–water partition coefficient (Wildman–Crippen LogP) is 12.0. The molecule has 2 fully saturated rings. The second-order valence-electron chi connectivity index (χ2n) is 29.3. The molecule has 0 spiro atoms. The molecule has 578 valence electrons. The first-order valence-electron chi connectivity index (χ1n) is 38.3. The molecule has 10 heterocycles. The van der Waals surface area contributed by atoms with E-state index in [2.05, 4.69) is 86.6 Å². The fourth-order valence-corrected chi connectivity index (χ4v) is 14.4. The summed E-state index contributed by atoms with van der Waals surface area (Å²) in [4.78, 5) is 97.9. The van der Waals surface area contributed by atoms with Crippen molar-refractivity contribution >= 4 is 67.0 Å². The average molecular weight is 1540 g/mol. The number of benzene rings is 6. The van der Waals surface area contributed by atoms with Crippen LogP contribution in [0, 0.1) is 62.2 Å². The third-order valence-electron chi connectivity index (χ3n) is 20.2. The lowest BCUT2D eigenvalue weighted by Gasteiger charge is -2.24. The van der Waals surface area contributed by atoms with Gasteiger partial charge in [-0.3, -0.25) is 47.4 Å². The molecule has 0 unspecified atom stereocenters. The van der Waals surface area contributed by atoms with Crippen LogP contribution in [-0.2, 0) is 4.74 Å². The van der Waals surface area contributed by atoms with Crippen LogP contribution in [0.3, 0.4) is 0 Å². The van der Waals surface area contributed by atoms with Gasteiger partial charge < -0.3 is 26.4 Å². The lowest BCUT2D eigenvalue weighted by Crippen LogP contribution is -2.36. The highest BCUT2D eigenvalue weighted by Gasteiger charge is 2.29. The molecule has 0 radical (unpaired) electrons. The minimum atomic E-state index is -0.704. The standard InChI is InChI=1S/C32H30N6O3.C30H28N6O2.C30H25N5O2/c1-22(34-31(39)28-23(2)35-37-16-8-14-33-30(28)37)27-21-25-10-6-9-24(11-7-15-36-17-19-41-20-18-36)29(25)32(40)38(27)26-12-4-3-5-13-26;1-19(33-28(37)25-20(2)34-35-17-9-16-32-27(25)35)24-18-22-11-8-10-21(14-15-30(3,4)31)26(22)29(38)36(24)23-12-6-5-7-13-23;1-19(32-29(36)26-20(2)33-34-17-7-16-31-28(26)34)25-18-23-9-6-8-22(15-14-21-12-13-21)27(23)30(37)35(25)24-10-4-3-5-11-24/h3-6,8-10,12-14,16,21-22H,15,17-20H2,1-2H3,(H,34,39);5-13,16-19H,31H2,1-4H3,(H,33,37);3-11,16-19,21H,12-13H2,1-2H3,(H,32,36)/t22-;2*19-/m000/s1. The van der Waals surface area contributed by atoms with Crippen LogP contribution >= 0.6 is 0 Å². The van der Waals surface area contributed by atoms with E-state index in [1.54, 1.807) is 103 Å². The van der Waals surface area contributed by atoms with Gasteiger partial charge in [-0.2, -0.15) is 15.3 Å². The Kier molecular flexibility index (Phi) is 22.1. The minimum absolute atomic E-state index is 0.158. The summed E-state index contributed by atoms with van der Waals surface area (Å²) in [5, 5.41) is 26.4. The second kappa shape index (κ2) is 33.2. The molecule has 5 N–H and O–H groups in total. The zero-order chi connectivity index (χ0) is 80.9. The van der Waals surface area contributed by atoms with E-state index in [1.807, 2.05) is 198 Å². The van der Waals surface area contributed by atoms with Gasteiger partial charge in [0, 0.05) is 107 Å². The van der Waals surface area contributed by atoms with Crippen LogP contribution in [0.25, 0.3) is 66.3 Å². The van der Waals surface area contributed by atoms with Crippen molar-refractivity contribution in [1.82, 2.24) is 78.3 Å². The number of ether oxygens (including phenoxy) is 1. The lowest BCUT2D eigenvalue weighted by atomic mass is 10.0. The topological polar surface area (TPSA) is 282 Å². The Morgan fingerprint density at radius 2 is 0.819 bits per heavy atom. The molecule has 1 saturated carbocycles. The van der Waals surface area contributed by atoms with E-state index in [0.717, 1.165) is 53.3 Å². The number of carbonyl (C=O) groups is 3. The Labute approximate surface area is 667 Å². The van der Waals surface area contributed by atoms with Gasteiger partial charge in [0.25, 0.3) is 34.4 Å². The Bertz CT molecular complexity index is 6730. The van der Waals surface area contributed by atoms with Gasteiger partial charge in [-0.1, -0.05) is 127 Å². The number of para-hydroxylation sites is 3. The van der Waals surface area contributed by atoms with Crippen molar-refractivity contribution in [2.75, 3.05) is 32.8 Å². The summed E-state index contributed by atoms with van der Waals surface area (Å²) in [6, 6.07) is 55.0. The Hall–Kier alpha value is -14.2. The molecule has 1 saturated heterocycles. The molecular weight excluding hydrogens is 1460 g/mol. The molecule has 6 aromatic carbocycles. The largest absolute Gasteiger partial charge is 0.379 e. The average Bonchev–Trinajstić information content (AvgIpc) is 0.859. The molecule has 2 aliphatic rings. The fraction of sp³-hybridized carbons (Fsp3) is 0.217. The van der Waals surface area contributed by atoms with E-state index in [-0.39, 0.29) is 34.4 Å². The van der Waals surface area contributed by atoms with Crippen LogP contribution in [0.5, 0.6) is 0 Å². The van der Waals surface area contributed by atoms with Gasteiger partial charge in [0.05, 0.1) is 76.7 Å². The number of rotatable bonds is 13. The smallest absolute Gasteiger partial charge is 0.264 e. The molecule has 15 aromatic rings. The van der Waals surface area contributed by atoms with E-state index in [4.69, 9.17) is 10.5 Å². The molecule has 1 aliphatic carbocycles. The molecule has 1 aliphatic heterocycles. The van der Waals surface area contributed by atoms with Crippen molar-refractivity contribution < 1.29 is 19.1 Å². The third-order valence-corrected chi connectivity index (χ3v) is 20.2. The third kappa shape index (κ3) is 16.2. The number of fused-ring (bicyclic) bond motifs is 6. The molecule has 3 atom stereocenters. The predicted molar refractivity (Wildman–Crippen MR) is 448 cm³/mol. The van der Waals surface area contributed by atoms with Crippen LogP contribution in [0.2, 0.25) is 0 Å². The zero-order valence-electron chi connectivity index (χ0n) is 65.3. The monoisotopic (exact) mass is 1540 g/mol. The normalized spacial score (nSPS) is 13.5. The maximum absolute atomic E-state index is 14.2. The Morgan fingerprint density at radius 3 is 1.16 bits per heavy atom. The van der Waals surface area contributed by atoms with Gasteiger partial charge in [-0.15, -0.1) is 0 Å². The number of carbonyl (C=O) groups excluding carboxylic acids is 3. The summed E-state index contributed by atoms with van der Waals surface area (Å²) >= 11 is 0. The van der Waals surface area contributed by atoms with Crippen LogP contribution < -0.4 is 38.4 Å². The van der Waals surface area contributed by atoms with Crippen molar-refractivity contribution in [3.8, 4) is 52.6 Å². The number of hydrogen-bond donors (Lipinski definition) is 4. The highest BCUT2D eigenvalue weighted by molar-refractivity contribution is 6.03. The van der Waals surface area contributed by atoms with Crippen LogP contribution in [0.4, 0.5) is 0 Å².